The molecule has 1 aromatic heterocycles. The van der Waals surface area contributed by atoms with Gasteiger partial charge in [-0.3, -0.25) is 0 Å². The lowest BCUT2D eigenvalue weighted by atomic mass is 10.1. The summed E-state index contributed by atoms with van der Waals surface area (Å²) >= 11 is 5.65. The van der Waals surface area contributed by atoms with Crippen molar-refractivity contribution in [3.05, 3.63) is 35.5 Å². The van der Waals surface area contributed by atoms with Gasteiger partial charge in [-0.1, -0.05) is 5.16 Å². The van der Waals surface area contributed by atoms with Crippen LogP contribution in [0.15, 0.2) is 28.8 Å². The summed E-state index contributed by atoms with van der Waals surface area (Å²) in [5.74, 6) is 1.44. The van der Waals surface area contributed by atoms with E-state index < -0.39 is 0 Å². The summed E-state index contributed by atoms with van der Waals surface area (Å²) in [6, 6.07) is 8.94. The Labute approximate surface area is 103 Å². The monoisotopic (exact) mass is 248 g/mol. The average molecular weight is 249 g/mol. The molecule has 2 rings (SSSR count). The van der Waals surface area contributed by atoms with Crippen LogP contribution >= 0.6 is 11.6 Å². The summed E-state index contributed by atoms with van der Waals surface area (Å²) in [6.07, 6.45) is 0. The van der Waals surface area contributed by atoms with Gasteiger partial charge in [-0.25, -0.2) is 0 Å². The van der Waals surface area contributed by atoms with Gasteiger partial charge in [-0.15, -0.1) is 11.6 Å². The second-order valence-electron chi connectivity index (χ2n) is 3.34. The summed E-state index contributed by atoms with van der Waals surface area (Å²) < 4.78 is 10.3. The van der Waals surface area contributed by atoms with E-state index in [-0.39, 0.29) is 5.88 Å². The first kappa shape index (κ1) is 11.5. The molecule has 0 radical (unpaired) electrons. The van der Waals surface area contributed by atoms with E-state index in [1.165, 1.54) is 0 Å². The van der Waals surface area contributed by atoms with Gasteiger partial charge in [0.1, 0.15) is 5.75 Å². The van der Waals surface area contributed by atoms with Gasteiger partial charge in [0.2, 0.25) is 0 Å². The summed E-state index contributed by atoms with van der Waals surface area (Å²) in [4.78, 5) is 0. The highest BCUT2D eigenvalue weighted by Gasteiger charge is 2.12. The number of halogens is 1. The summed E-state index contributed by atoms with van der Waals surface area (Å²) in [6.45, 7) is 0. The van der Waals surface area contributed by atoms with E-state index in [4.69, 9.17) is 26.1 Å². The zero-order valence-corrected chi connectivity index (χ0v) is 9.86. The average Bonchev–Trinajstić information content (AvgIpc) is 2.86. The third-order valence-electron chi connectivity index (χ3n) is 2.31. The van der Waals surface area contributed by atoms with Crippen LogP contribution in [-0.2, 0) is 5.88 Å². The van der Waals surface area contributed by atoms with E-state index in [0.717, 1.165) is 0 Å². The normalized spacial score (nSPS) is 9.94. The van der Waals surface area contributed by atoms with Crippen LogP contribution in [0, 0.1) is 11.3 Å². The number of rotatable bonds is 3. The third-order valence-corrected chi connectivity index (χ3v) is 2.58. The number of aromatic nitrogens is 1. The fourth-order valence-electron chi connectivity index (χ4n) is 1.45. The van der Waals surface area contributed by atoms with Crippen molar-refractivity contribution in [2.75, 3.05) is 7.11 Å². The van der Waals surface area contributed by atoms with Crippen LogP contribution in [0.25, 0.3) is 11.3 Å². The Kier molecular flexibility index (Phi) is 3.31. The first-order chi connectivity index (χ1) is 8.28. The smallest absolute Gasteiger partial charge is 0.168 e. The van der Waals surface area contributed by atoms with E-state index in [1.807, 2.05) is 0 Å². The van der Waals surface area contributed by atoms with E-state index in [1.54, 1.807) is 31.4 Å². The van der Waals surface area contributed by atoms with Crippen molar-refractivity contribution in [2.24, 2.45) is 0 Å². The molecule has 5 heteroatoms. The van der Waals surface area contributed by atoms with Gasteiger partial charge in [-0.05, 0) is 18.2 Å². The van der Waals surface area contributed by atoms with Crippen molar-refractivity contribution in [1.29, 1.82) is 5.26 Å². The lowest BCUT2D eigenvalue weighted by Crippen LogP contribution is -1.87. The van der Waals surface area contributed by atoms with Crippen molar-refractivity contribution >= 4 is 11.6 Å². The molecule has 0 fully saturated rings. The van der Waals surface area contributed by atoms with Crippen LogP contribution in [0.5, 0.6) is 5.75 Å². The highest BCUT2D eigenvalue weighted by atomic mass is 35.5. The Balaban J connectivity index is 2.52. The molecule has 0 saturated carbocycles. The zero-order valence-electron chi connectivity index (χ0n) is 9.11. The standard InChI is InChI=1S/C12H9ClN2O2/c1-16-10-3-2-8(7-14)11(5-10)12-4-9(6-13)15-17-12/h2-5H,6H2,1H3. The molecule has 0 N–H and O–H groups in total. The van der Waals surface area contributed by atoms with Gasteiger partial charge in [0.25, 0.3) is 0 Å². The van der Waals surface area contributed by atoms with Gasteiger partial charge in [-0.2, -0.15) is 5.26 Å². The number of nitrogens with zero attached hydrogens (tertiary/aromatic N) is 2. The van der Waals surface area contributed by atoms with Crippen LogP contribution < -0.4 is 4.74 Å². The molecule has 1 heterocycles. The number of benzene rings is 1. The quantitative estimate of drug-likeness (QED) is 0.784. The predicted molar refractivity (Wildman–Crippen MR) is 62.8 cm³/mol. The zero-order chi connectivity index (χ0) is 12.3. The van der Waals surface area contributed by atoms with Gasteiger partial charge in [0.15, 0.2) is 5.76 Å². The van der Waals surface area contributed by atoms with Crippen LogP contribution in [0.2, 0.25) is 0 Å². The van der Waals surface area contributed by atoms with Crippen molar-refractivity contribution in [3.63, 3.8) is 0 Å². The summed E-state index contributed by atoms with van der Waals surface area (Å²) in [5, 5.41) is 12.8. The Morgan fingerprint density at radius 1 is 1.47 bits per heavy atom. The van der Waals surface area contributed by atoms with Gasteiger partial charge >= 0.3 is 0 Å². The molecule has 0 aliphatic carbocycles. The molecule has 0 saturated heterocycles. The van der Waals surface area contributed by atoms with Gasteiger partial charge in [0, 0.05) is 11.6 Å². The fourth-order valence-corrected chi connectivity index (χ4v) is 1.58. The first-order valence-corrected chi connectivity index (χ1v) is 5.42. The third kappa shape index (κ3) is 2.24. The molecular formula is C12H9ClN2O2. The van der Waals surface area contributed by atoms with E-state index in [0.29, 0.717) is 28.3 Å². The molecule has 1 aromatic carbocycles. The molecule has 4 nitrogen and oxygen atoms in total. The Morgan fingerprint density at radius 2 is 2.29 bits per heavy atom. The van der Waals surface area contributed by atoms with Crippen LogP contribution in [0.1, 0.15) is 11.3 Å². The Hall–Kier alpha value is -1.99. The molecule has 17 heavy (non-hydrogen) atoms. The second kappa shape index (κ2) is 4.89. The minimum atomic E-state index is 0.273. The van der Waals surface area contributed by atoms with Crippen molar-refractivity contribution in [3.8, 4) is 23.1 Å². The maximum Gasteiger partial charge on any atom is 0.168 e. The summed E-state index contributed by atoms with van der Waals surface area (Å²) in [5.41, 5.74) is 1.78. The molecule has 0 bridgehead atoms. The number of methoxy groups -OCH3 is 1. The number of hydrogen-bond donors (Lipinski definition) is 0. The second-order valence-corrected chi connectivity index (χ2v) is 3.61. The van der Waals surface area contributed by atoms with Gasteiger partial charge < -0.3 is 9.26 Å². The molecule has 0 aliphatic rings. The van der Waals surface area contributed by atoms with Crippen molar-refractivity contribution < 1.29 is 9.26 Å². The molecule has 0 amide bonds. The van der Waals surface area contributed by atoms with Crippen molar-refractivity contribution in [1.82, 2.24) is 5.16 Å². The number of alkyl halides is 1. The molecule has 0 unspecified atom stereocenters. The first-order valence-electron chi connectivity index (χ1n) is 4.88. The molecule has 0 spiro atoms. The largest absolute Gasteiger partial charge is 0.497 e. The van der Waals surface area contributed by atoms with E-state index >= 15 is 0 Å². The van der Waals surface area contributed by atoms with Gasteiger partial charge in [0.05, 0.1) is 30.3 Å². The summed E-state index contributed by atoms with van der Waals surface area (Å²) in [7, 11) is 1.57. The maximum atomic E-state index is 9.03. The highest BCUT2D eigenvalue weighted by Crippen LogP contribution is 2.28. The number of ether oxygens (including phenoxy) is 1. The molecule has 86 valence electrons. The minimum Gasteiger partial charge on any atom is -0.497 e. The van der Waals surface area contributed by atoms with Crippen LogP contribution in [-0.4, -0.2) is 12.3 Å². The molecule has 0 atom stereocenters. The van der Waals surface area contributed by atoms with Crippen LogP contribution in [0.3, 0.4) is 0 Å². The van der Waals surface area contributed by atoms with E-state index in [2.05, 4.69) is 11.2 Å². The lowest BCUT2D eigenvalue weighted by Gasteiger charge is -2.03. The SMILES string of the molecule is COc1ccc(C#N)c(-c2cc(CCl)no2)c1. The Bertz CT molecular complexity index is 572. The maximum absolute atomic E-state index is 9.03. The lowest BCUT2D eigenvalue weighted by molar-refractivity contribution is 0.412. The van der Waals surface area contributed by atoms with Crippen molar-refractivity contribution in [2.45, 2.75) is 5.88 Å². The number of hydrogen-bond acceptors (Lipinski definition) is 4. The van der Waals surface area contributed by atoms with E-state index in [9.17, 15) is 0 Å². The van der Waals surface area contributed by atoms with Crippen LogP contribution in [0.4, 0.5) is 0 Å². The Morgan fingerprint density at radius 3 is 2.88 bits per heavy atom. The fraction of sp³-hybridized carbons (Fsp3) is 0.167. The number of nitriles is 1. The predicted octanol–water partition coefficient (Wildman–Crippen LogP) is 2.96. The molecule has 0 aliphatic heterocycles. The molecular weight excluding hydrogens is 240 g/mol. The topological polar surface area (TPSA) is 59.0 Å². The molecule has 2 aromatic rings. The minimum absolute atomic E-state index is 0.273. The highest BCUT2D eigenvalue weighted by molar-refractivity contribution is 6.16.